The number of hydrogen-bond donors (Lipinski definition) is 0. The molecule has 2 nitrogen and oxygen atoms in total. The zero-order chi connectivity index (χ0) is 16.1. The van der Waals surface area contributed by atoms with Crippen LogP contribution in [0.2, 0.25) is 0 Å². The number of likely N-dealkylation sites (tertiary alicyclic amines) is 1. The quantitative estimate of drug-likeness (QED) is 0.324. The molecular formula is C20H40NO+. The summed E-state index contributed by atoms with van der Waals surface area (Å²) in [6.07, 6.45) is 17.7. The van der Waals surface area contributed by atoms with Gasteiger partial charge < -0.3 is 4.48 Å². The highest BCUT2D eigenvalue weighted by Crippen LogP contribution is 2.17. The van der Waals surface area contributed by atoms with Crippen LogP contribution >= 0.6 is 0 Å². The molecule has 1 heterocycles. The Morgan fingerprint density at radius 3 is 1.91 bits per heavy atom. The van der Waals surface area contributed by atoms with Crippen LogP contribution in [0, 0.1) is 0 Å². The van der Waals surface area contributed by atoms with Crippen LogP contribution in [0.4, 0.5) is 0 Å². The fraction of sp³-hybridized carbons (Fsp3) is 0.950. The third-order valence-corrected chi connectivity index (χ3v) is 5.39. The summed E-state index contributed by atoms with van der Waals surface area (Å²) in [6.45, 7) is 5.91. The maximum atomic E-state index is 12.0. The van der Waals surface area contributed by atoms with Crippen molar-refractivity contribution in [3.8, 4) is 0 Å². The predicted octanol–water partition coefficient (Wildman–Crippen LogP) is 5.50. The van der Waals surface area contributed by atoms with Crippen molar-refractivity contribution < 1.29 is 9.28 Å². The molecule has 1 saturated heterocycles. The summed E-state index contributed by atoms with van der Waals surface area (Å²) >= 11 is 0. The topological polar surface area (TPSA) is 17.1 Å². The van der Waals surface area contributed by atoms with Crippen LogP contribution in [-0.4, -0.2) is 36.9 Å². The minimum absolute atomic E-state index is 0.507. The first-order chi connectivity index (χ1) is 10.7. The summed E-state index contributed by atoms with van der Waals surface area (Å²) in [5.41, 5.74) is 0. The molecule has 0 N–H and O–H groups in total. The van der Waals surface area contributed by atoms with Crippen molar-refractivity contribution in [1.82, 2.24) is 0 Å². The molecule has 0 saturated carbocycles. The number of quaternary nitrogens is 1. The fourth-order valence-electron chi connectivity index (χ4n) is 3.65. The lowest BCUT2D eigenvalue weighted by atomic mass is 10.0. The number of piperidine rings is 1. The van der Waals surface area contributed by atoms with Crippen molar-refractivity contribution in [2.45, 2.75) is 96.8 Å². The number of ketones is 1. The Morgan fingerprint density at radius 2 is 1.32 bits per heavy atom. The summed E-state index contributed by atoms with van der Waals surface area (Å²) < 4.78 is 1.14. The second-order valence-electron chi connectivity index (χ2n) is 7.72. The molecule has 0 spiro atoms. The van der Waals surface area contributed by atoms with E-state index in [9.17, 15) is 4.79 Å². The monoisotopic (exact) mass is 310 g/mol. The van der Waals surface area contributed by atoms with Crippen molar-refractivity contribution in [3.63, 3.8) is 0 Å². The number of unbranched alkanes of at least 4 members (excludes halogenated alkanes) is 8. The minimum Gasteiger partial charge on any atom is -0.326 e. The van der Waals surface area contributed by atoms with E-state index in [4.69, 9.17) is 0 Å². The Kier molecular flexibility index (Phi) is 10.8. The van der Waals surface area contributed by atoms with E-state index in [0.717, 1.165) is 30.3 Å². The van der Waals surface area contributed by atoms with Gasteiger partial charge in [-0.25, -0.2) is 0 Å². The molecule has 0 aliphatic carbocycles. The molecule has 1 rings (SSSR count). The van der Waals surface area contributed by atoms with E-state index in [-0.39, 0.29) is 0 Å². The van der Waals surface area contributed by atoms with Gasteiger partial charge in [-0.15, -0.1) is 0 Å². The van der Waals surface area contributed by atoms with Gasteiger partial charge in [-0.05, 0) is 25.7 Å². The standard InChI is InChI=1S/C20H40NO/c1-3-4-5-6-7-8-9-10-12-15-20(22)16-19-21(2)17-13-11-14-18-21/h3-19H2,1-2H3/q+1. The van der Waals surface area contributed by atoms with Crippen LogP contribution in [-0.2, 0) is 4.79 Å². The molecule has 0 aromatic carbocycles. The zero-order valence-corrected chi connectivity index (χ0v) is 15.4. The third-order valence-electron chi connectivity index (χ3n) is 5.39. The molecule has 1 fully saturated rings. The molecule has 0 atom stereocenters. The van der Waals surface area contributed by atoms with E-state index in [1.54, 1.807) is 0 Å². The van der Waals surface area contributed by atoms with E-state index in [0.29, 0.717) is 5.78 Å². The van der Waals surface area contributed by atoms with Gasteiger partial charge in [0.05, 0.1) is 33.1 Å². The van der Waals surface area contributed by atoms with Gasteiger partial charge in [0.25, 0.3) is 0 Å². The number of carbonyl (C=O) groups is 1. The lowest BCUT2D eigenvalue weighted by molar-refractivity contribution is -0.913. The first kappa shape index (κ1) is 19.7. The molecule has 130 valence electrons. The number of carbonyl (C=O) groups excluding carboxylic acids is 1. The summed E-state index contributed by atoms with van der Waals surface area (Å²) in [7, 11) is 2.34. The van der Waals surface area contributed by atoms with E-state index in [2.05, 4.69) is 14.0 Å². The predicted molar refractivity (Wildman–Crippen MR) is 96.1 cm³/mol. The second-order valence-corrected chi connectivity index (χ2v) is 7.72. The van der Waals surface area contributed by atoms with Gasteiger partial charge in [0.15, 0.2) is 0 Å². The van der Waals surface area contributed by atoms with Crippen molar-refractivity contribution in [1.29, 1.82) is 0 Å². The normalized spacial score (nSPS) is 17.5. The van der Waals surface area contributed by atoms with Gasteiger partial charge in [-0.2, -0.15) is 0 Å². The number of hydrogen-bond acceptors (Lipinski definition) is 1. The minimum atomic E-state index is 0.507. The van der Waals surface area contributed by atoms with Crippen LogP contribution in [0.3, 0.4) is 0 Å². The molecule has 0 bridgehead atoms. The highest BCUT2D eigenvalue weighted by molar-refractivity contribution is 5.78. The second kappa shape index (κ2) is 12.1. The summed E-state index contributed by atoms with van der Waals surface area (Å²) in [4.78, 5) is 12.0. The lowest BCUT2D eigenvalue weighted by Crippen LogP contribution is -2.48. The van der Waals surface area contributed by atoms with Gasteiger partial charge >= 0.3 is 0 Å². The Morgan fingerprint density at radius 1 is 0.773 bits per heavy atom. The van der Waals surface area contributed by atoms with Crippen LogP contribution in [0.25, 0.3) is 0 Å². The highest BCUT2D eigenvalue weighted by atomic mass is 16.1. The molecule has 0 unspecified atom stereocenters. The molecule has 1 aliphatic heterocycles. The Balaban J connectivity index is 1.91. The highest BCUT2D eigenvalue weighted by Gasteiger charge is 2.24. The first-order valence-corrected chi connectivity index (χ1v) is 10.0. The van der Waals surface area contributed by atoms with Crippen LogP contribution in [0.15, 0.2) is 0 Å². The van der Waals surface area contributed by atoms with Crippen LogP contribution in [0.5, 0.6) is 0 Å². The van der Waals surface area contributed by atoms with E-state index in [1.807, 2.05) is 0 Å². The van der Waals surface area contributed by atoms with Crippen molar-refractivity contribution >= 4 is 5.78 Å². The number of rotatable bonds is 13. The van der Waals surface area contributed by atoms with Gasteiger partial charge in [0.2, 0.25) is 0 Å². The Bertz CT molecular complexity index is 281. The Labute approximate surface area is 139 Å². The number of Topliss-reactive ketones (excluding diaryl/α,β-unsaturated/α-hetero) is 1. The number of nitrogens with zero attached hydrogens (tertiary/aromatic N) is 1. The molecule has 22 heavy (non-hydrogen) atoms. The van der Waals surface area contributed by atoms with E-state index in [1.165, 1.54) is 83.7 Å². The maximum Gasteiger partial charge on any atom is 0.138 e. The molecular weight excluding hydrogens is 270 g/mol. The smallest absolute Gasteiger partial charge is 0.138 e. The van der Waals surface area contributed by atoms with Gasteiger partial charge in [-0.3, -0.25) is 4.79 Å². The Hall–Kier alpha value is -0.370. The summed E-state index contributed by atoms with van der Waals surface area (Å²) in [6, 6.07) is 0. The largest absolute Gasteiger partial charge is 0.326 e. The SMILES string of the molecule is CCCCCCCCCCCC(=O)CC[N+]1(C)CCCCC1. The molecule has 0 amide bonds. The fourth-order valence-corrected chi connectivity index (χ4v) is 3.65. The average molecular weight is 311 g/mol. The molecule has 0 radical (unpaired) electrons. The van der Waals surface area contributed by atoms with Crippen molar-refractivity contribution in [2.24, 2.45) is 0 Å². The maximum absolute atomic E-state index is 12.0. The van der Waals surface area contributed by atoms with E-state index < -0.39 is 0 Å². The third kappa shape index (κ3) is 9.61. The van der Waals surface area contributed by atoms with Gasteiger partial charge in [0.1, 0.15) is 5.78 Å². The summed E-state index contributed by atoms with van der Waals surface area (Å²) in [5.74, 6) is 0.507. The van der Waals surface area contributed by atoms with Crippen molar-refractivity contribution in [3.05, 3.63) is 0 Å². The molecule has 0 aromatic heterocycles. The molecule has 2 heteroatoms. The van der Waals surface area contributed by atoms with Gasteiger partial charge in [0, 0.05) is 6.42 Å². The lowest BCUT2D eigenvalue weighted by Gasteiger charge is -2.37. The molecule has 1 aliphatic rings. The zero-order valence-electron chi connectivity index (χ0n) is 15.4. The van der Waals surface area contributed by atoms with Crippen LogP contribution < -0.4 is 0 Å². The first-order valence-electron chi connectivity index (χ1n) is 10.0. The summed E-state index contributed by atoms with van der Waals surface area (Å²) in [5, 5.41) is 0. The van der Waals surface area contributed by atoms with Crippen LogP contribution in [0.1, 0.15) is 96.8 Å². The molecule has 0 aromatic rings. The van der Waals surface area contributed by atoms with E-state index >= 15 is 0 Å². The average Bonchev–Trinajstić information content (AvgIpc) is 2.52. The van der Waals surface area contributed by atoms with Crippen molar-refractivity contribution in [2.75, 3.05) is 26.7 Å². The van der Waals surface area contributed by atoms with Gasteiger partial charge in [-0.1, -0.05) is 58.3 Å².